The molecule has 0 atom stereocenters. The van der Waals surface area contributed by atoms with Gasteiger partial charge < -0.3 is 4.74 Å². The van der Waals surface area contributed by atoms with Crippen molar-refractivity contribution in [1.29, 1.82) is 0 Å². The van der Waals surface area contributed by atoms with Crippen LogP contribution in [0, 0.1) is 0 Å². The molecule has 0 aromatic heterocycles. The summed E-state index contributed by atoms with van der Waals surface area (Å²) >= 11 is 6.36. The molecule has 0 unspecified atom stereocenters. The van der Waals surface area contributed by atoms with Crippen LogP contribution in [0.4, 0.5) is 0 Å². The highest BCUT2D eigenvalue weighted by Crippen LogP contribution is 2.32. The van der Waals surface area contributed by atoms with Crippen LogP contribution in [0.2, 0.25) is 0 Å². The van der Waals surface area contributed by atoms with Gasteiger partial charge in [0.2, 0.25) is 0 Å². The minimum Gasteiger partial charge on any atom is -0.421 e. The second-order valence-electron chi connectivity index (χ2n) is 2.01. The van der Waals surface area contributed by atoms with Crippen molar-refractivity contribution in [2.45, 2.75) is 13.3 Å². The molecule has 0 fully saturated rings. The highest BCUT2D eigenvalue weighted by atomic mass is 79.9. The number of carbonyl (C=O) groups excluding carboxylic acids is 1. The molecule has 0 bridgehead atoms. The molecule has 0 radical (unpaired) electrons. The fraction of sp³-hybridized carbons (Fsp3) is 0.286. The first-order chi connectivity index (χ1) is 5.20. The van der Waals surface area contributed by atoms with Gasteiger partial charge in [-0.3, -0.25) is 0 Å². The Morgan fingerprint density at radius 3 is 2.55 bits per heavy atom. The average molecular weight is 282 g/mol. The number of cyclic esters (lactones) is 1. The predicted molar refractivity (Wildman–Crippen MR) is 49.3 cm³/mol. The Hall–Kier alpha value is -0.0900. The van der Waals surface area contributed by atoms with Gasteiger partial charge in [-0.1, -0.05) is 22.9 Å². The SMILES string of the molecule is CCC1=C(Br)/C(=C/Br)OC1=O. The Labute approximate surface area is 81.6 Å². The van der Waals surface area contributed by atoms with E-state index in [1.807, 2.05) is 6.92 Å². The van der Waals surface area contributed by atoms with Gasteiger partial charge in [0.15, 0.2) is 5.76 Å². The van der Waals surface area contributed by atoms with E-state index in [1.165, 1.54) is 0 Å². The van der Waals surface area contributed by atoms with Crippen LogP contribution < -0.4 is 0 Å². The Morgan fingerprint density at radius 1 is 1.64 bits per heavy atom. The quantitative estimate of drug-likeness (QED) is 0.691. The summed E-state index contributed by atoms with van der Waals surface area (Å²) in [4.78, 5) is 12.6. The van der Waals surface area contributed by atoms with Gasteiger partial charge in [0, 0.05) is 4.99 Å². The van der Waals surface area contributed by atoms with E-state index in [4.69, 9.17) is 4.74 Å². The zero-order valence-electron chi connectivity index (χ0n) is 5.86. The lowest BCUT2D eigenvalue weighted by molar-refractivity contribution is -0.133. The molecule has 0 amide bonds. The van der Waals surface area contributed by atoms with E-state index >= 15 is 0 Å². The fourth-order valence-electron chi connectivity index (χ4n) is 0.814. The molecule has 0 aromatic carbocycles. The van der Waals surface area contributed by atoms with Crippen molar-refractivity contribution in [2.24, 2.45) is 0 Å². The van der Waals surface area contributed by atoms with Crippen LogP contribution >= 0.6 is 31.9 Å². The number of rotatable bonds is 1. The van der Waals surface area contributed by atoms with Gasteiger partial charge in [-0.2, -0.15) is 0 Å². The van der Waals surface area contributed by atoms with Crippen LogP contribution in [0.25, 0.3) is 0 Å². The molecular formula is C7H6Br2O2. The smallest absolute Gasteiger partial charge is 0.340 e. The van der Waals surface area contributed by atoms with Crippen LogP contribution in [0.1, 0.15) is 13.3 Å². The first-order valence-electron chi connectivity index (χ1n) is 3.12. The minimum atomic E-state index is -0.259. The second kappa shape index (κ2) is 3.54. The summed E-state index contributed by atoms with van der Waals surface area (Å²) in [5, 5.41) is 0. The number of ether oxygens (including phenoxy) is 1. The number of halogens is 2. The first-order valence-corrected chi connectivity index (χ1v) is 4.83. The third-order valence-electron chi connectivity index (χ3n) is 1.38. The molecule has 60 valence electrons. The fourth-order valence-corrected chi connectivity index (χ4v) is 2.08. The van der Waals surface area contributed by atoms with Gasteiger partial charge in [0.25, 0.3) is 0 Å². The van der Waals surface area contributed by atoms with Crippen molar-refractivity contribution < 1.29 is 9.53 Å². The maximum Gasteiger partial charge on any atom is 0.340 e. The van der Waals surface area contributed by atoms with Gasteiger partial charge in [-0.25, -0.2) is 4.79 Å². The molecule has 2 nitrogen and oxygen atoms in total. The lowest BCUT2D eigenvalue weighted by atomic mass is 10.2. The summed E-state index contributed by atoms with van der Waals surface area (Å²) in [6.07, 6.45) is 0.684. The zero-order valence-corrected chi connectivity index (χ0v) is 9.03. The number of hydrogen-bond donors (Lipinski definition) is 0. The second-order valence-corrected chi connectivity index (χ2v) is 3.26. The minimum absolute atomic E-state index is 0.259. The lowest BCUT2D eigenvalue weighted by Crippen LogP contribution is -1.96. The maximum absolute atomic E-state index is 11.0. The molecule has 1 rings (SSSR count). The predicted octanol–water partition coefficient (Wildman–Crippen LogP) is 2.84. The Kier molecular flexibility index (Phi) is 2.90. The number of carbonyl (C=O) groups is 1. The molecular weight excluding hydrogens is 276 g/mol. The van der Waals surface area contributed by atoms with E-state index in [-0.39, 0.29) is 5.97 Å². The molecule has 0 N–H and O–H groups in total. The highest BCUT2D eigenvalue weighted by molar-refractivity contribution is 9.12. The molecule has 0 spiro atoms. The highest BCUT2D eigenvalue weighted by Gasteiger charge is 2.26. The van der Waals surface area contributed by atoms with Crippen LogP contribution in [0.5, 0.6) is 0 Å². The van der Waals surface area contributed by atoms with Crippen molar-refractivity contribution in [2.75, 3.05) is 0 Å². The topological polar surface area (TPSA) is 26.3 Å². The Bertz CT molecular complexity index is 253. The summed E-state index contributed by atoms with van der Waals surface area (Å²) in [5.74, 6) is 0.289. The Morgan fingerprint density at radius 2 is 2.27 bits per heavy atom. The van der Waals surface area contributed by atoms with Gasteiger partial charge in [-0.15, -0.1) is 0 Å². The summed E-state index contributed by atoms with van der Waals surface area (Å²) < 4.78 is 5.63. The van der Waals surface area contributed by atoms with Crippen LogP contribution in [-0.4, -0.2) is 5.97 Å². The normalized spacial score (nSPS) is 21.4. The van der Waals surface area contributed by atoms with E-state index in [1.54, 1.807) is 4.99 Å². The summed E-state index contributed by atoms with van der Waals surface area (Å²) in [5.41, 5.74) is 0.690. The van der Waals surface area contributed by atoms with Crippen molar-refractivity contribution in [3.05, 3.63) is 20.8 Å². The molecule has 1 aliphatic heterocycles. The van der Waals surface area contributed by atoms with E-state index in [0.717, 1.165) is 4.48 Å². The maximum atomic E-state index is 11.0. The Balaban J connectivity index is 3.04. The lowest BCUT2D eigenvalue weighted by Gasteiger charge is -1.92. The average Bonchev–Trinajstić information content (AvgIpc) is 2.26. The van der Waals surface area contributed by atoms with Crippen molar-refractivity contribution in [3.8, 4) is 0 Å². The van der Waals surface area contributed by atoms with Gasteiger partial charge in [-0.05, 0) is 22.4 Å². The van der Waals surface area contributed by atoms with E-state index in [9.17, 15) is 4.79 Å². The number of allylic oxidation sites excluding steroid dienone is 1. The summed E-state index contributed by atoms with van der Waals surface area (Å²) in [7, 11) is 0. The summed E-state index contributed by atoms with van der Waals surface area (Å²) in [6.45, 7) is 1.91. The molecule has 0 aliphatic carbocycles. The van der Waals surface area contributed by atoms with Crippen molar-refractivity contribution >= 4 is 37.8 Å². The van der Waals surface area contributed by atoms with Gasteiger partial charge in [0.05, 0.1) is 10.1 Å². The van der Waals surface area contributed by atoms with Crippen molar-refractivity contribution in [3.63, 3.8) is 0 Å². The molecule has 0 saturated carbocycles. The third kappa shape index (κ3) is 1.56. The largest absolute Gasteiger partial charge is 0.421 e. The standard InChI is InChI=1S/C7H6Br2O2/c1-2-4-6(9)5(3-8)11-7(4)10/h3H,2H2,1H3/b5-3-. The van der Waals surface area contributed by atoms with Gasteiger partial charge in [0.1, 0.15) is 0 Å². The zero-order chi connectivity index (χ0) is 8.43. The molecule has 11 heavy (non-hydrogen) atoms. The van der Waals surface area contributed by atoms with Crippen LogP contribution in [0.15, 0.2) is 20.8 Å². The summed E-state index contributed by atoms with van der Waals surface area (Å²) in [6, 6.07) is 0. The van der Waals surface area contributed by atoms with E-state index in [2.05, 4.69) is 31.9 Å². The van der Waals surface area contributed by atoms with Gasteiger partial charge >= 0.3 is 5.97 Å². The van der Waals surface area contributed by atoms with E-state index < -0.39 is 0 Å². The van der Waals surface area contributed by atoms with Crippen molar-refractivity contribution in [1.82, 2.24) is 0 Å². The number of hydrogen-bond acceptors (Lipinski definition) is 2. The third-order valence-corrected chi connectivity index (χ3v) is 2.67. The van der Waals surface area contributed by atoms with Crippen LogP contribution in [-0.2, 0) is 9.53 Å². The first kappa shape index (κ1) is 9.00. The van der Waals surface area contributed by atoms with Crippen LogP contribution in [0.3, 0.4) is 0 Å². The number of esters is 1. The molecule has 0 aromatic rings. The molecule has 1 heterocycles. The molecule has 0 saturated heterocycles. The van der Waals surface area contributed by atoms with E-state index in [0.29, 0.717) is 17.8 Å². The molecule has 4 heteroatoms. The monoisotopic (exact) mass is 280 g/mol. The molecule has 1 aliphatic rings.